The third kappa shape index (κ3) is 4.25. The molecule has 1 aromatic heterocycles. The predicted octanol–water partition coefficient (Wildman–Crippen LogP) is 5.95. The first-order valence-electron chi connectivity index (χ1n) is 11.3. The molecule has 5 rings (SSSR count). The summed E-state index contributed by atoms with van der Waals surface area (Å²) in [5.41, 5.74) is 2.72. The molecule has 0 spiro atoms. The first-order chi connectivity index (χ1) is 17.5. The van der Waals surface area contributed by atoms with Crippen molar-refractivity contribution in [1.82, 2.24) is 3.97 Å². The van der Waals surface area contributed by atoms with E-state index < -0.39 is 10.0 Å². The maximum Gasteiger partial charge on any atom is 0.268 e. The minimum Gasteiger partial charge on any atom is -0.495 e. The molecular weight excluding hydrogens is 474 g/mol. The van der Waals surface area contributed by atoms with Crippen LogP contribution in [0.25, 0.3) is 22.2 Å². The van der Waals surface area contributed by atoms with Gasteiger partial charge >= 0.3 is 0 Å². The van der Waals surface area contributed by atoms with Gasteiger partial charge in [0.25, 0.3) is 10.0 Å². The van der Waals surface area contributed by atoms with E-state index in [4.69, 9.17) is 9.47 Å². The number of aromatic nitrogens is 1. The van der Waals surface area contributed by atoms with E-state index in [2.05, 4.69) is 0 Å². The second-order valence-electron chi connectivity index (χ2n) is 8.15. The first-order valence-corrected chi connectivity index (χ1v) is 12.7. The number of benzene rings is 4. The average molecular weight is 498 g/mol. The van der Waals surface area contributed by atoms with Crippen LogP contribution in [0, 0.1) is 0 Å². The SMILES string of the molecule is COc1c(C=O)cccc1-c1cc2cc(OCc3ccccc3)ccc2n1S(=O)(=O)c1ccccc1. The molecule has 5 aromatic rings. The van der Waals surface area contributed by atoms with E-state index in [0.29, 0.717) is 52.1 Å². The van der Waals surface area contributed by atoms with Crippen molar-refractivity contribution in [2.75, 3.05) is 7.11 Å². The number of rotatable bonds is 8. The van der Waals surface area contributed by atoms with Crippen molar-refractivity contribution >= 4 is 27.2 Å². The Labute approximate surface area is 209 Å². The number of carbonyl (C=O) groups excluding carboxylic acids is 1. The molecule has 0 radical (unpaired) electrons. The van der Waals surface area contributed by atoms with E-state index in [1.807, 2.05) is 36.4 Å². The van der Waals surface area contributed by atoms with Crippen molar-refractivity contribution in [2.24, 2.45) is 0 Å². The Balaban J connectivity index is 1.70. The van der Waals surface area contributed by atoms with Crippen LogP contribution in [-0.4, -0.2) is 25.8 Å². The van der Waals surface area contributed by atoms with Crippen LogP contribution in [0.15, 0.2) is 108 Å². The van der Waals surface area contributed by atoms with Gasteiger partial charge in [0.2, 0.25) is 0 Å². The number of fused-ring (bicyclic) bond motifs is 1. The van der Waals surface area contributed by atoms with Gasteiger partial charge in [-0.1, -0.05) is 54.6 Å². The predicted molar refractivity (Wildman–Crippen MR) is 139 cm³/mol. The van der Waals surface area contributed by atoms with Crippen LogP contribution < -0.4 is 9.47 Å². The van der Waals surface area contributed by atoms with Crippen LogP contribution in [-0.2, 0) is 16.6 Å². The monoisotopic (exact) mass is 497 g/mol. The van der Waals surface area contributed by atoms with Gasteiger partial charge in [0, 0.05) is 10.9 Å². The summed E-state index contributed by atoms with van der Waals surface area (Å²) in [4.78, 5) is 11.8. The first kappa shape index (κ1) is 23.4. The van der Waals surface area contributed by atoms with E-state index in [0.717, 1.165) is 5.56 Å². The fourth-order valence-electron chi connectivity index (χ4n) is 4.22. The van der Waals surface area contributed by atoms with E-state index >= 15 is 0 Å². The zero-order valence-corrected chi connectivity index (χ0v) is 20.3. The van der Waals surface area contributed by atoms with Crippen LogP contribution in [0.4, 0.5) is 0 Å². The lowest BCUT2D eigenvalue weighted by atomic mass is 10.1. The lowest BCUT2D eigenvalue weighted by Gasteiger charge is -2.15. The Hall–Kier alpha value is -4.36. The highest BCUT2D eigenvalue weighted by atomic mass is 32.2. The fraction of sp³-hybridized carbons (Fsp3) is 0.0690. The molecular formula is C29H23NO5S. The molecule has 0 aliphatic rings. The number of aldehydes is 1. The highest BCUT2D eigenvalue weighted by Crippen LogP contribution is 2.39. The van der Waals surface area contributed by atoms with Gasteiger partial charge in [-0.3, -0.25) is 4.79 Å². The minimum atomic E-state index is -3.98. The van der Waals surface area contributed by atoms with Gasteiger partial charge in [0.15, 0.2) is 6.29 Å². The molecule has 0 amide bonds. The van der Waals surface area contributed by atoms with Crippen molar-refractivity contribution < 1.29 is 22.7 Å². The number of hydrogen-bond donors (Lipinski definition) is 0. The number of carbonyl (C=O) groups is 1. The molecule has 0 N–H and O–H groups in total. The molecule has 0 fully saturated rings. The molecule has 1 heterocycles. The lowest BCUT2D eigenvalue weighted by Crippen LogP contribution is -2.14. The van der Waals surface area contributed by atoms with E-state index in [9.17, 15) is 13.2 Å². The van der Waals surface area contributed by atoms with E-state index in [1.165, 1.54) is 11.1 Å². The van der Waals surface area contributed by atoms with Crippen molar-refractivity contribution in [3.8, 4) is 22.8 Å². The van der Waals surface area contributed by atoms with Crippen molar-refractivity contribution in [2.45, 2.75) is 11.5 Å². The molecule has 4 aromatic carbocycles. The summed E-state index contributed by atoms with van der Waals surface area (Å²) >= 11 is 0. The second-order valence-corrected chi connectivity index (χ2v) is 9.94. The summed E-state index contributed by atoms with van der Waals surface area (Å²) in [7, 11) is -2.52. The number of methoxy groups -OCH3 is 1. The van der Waals surface area contributed by atoms with Crippen molar-refractivity contribution in [1.29, 1.82) is 0 Å². The summed E-state index contributed by atoms with van der Waals surface area (Å²) in [6, 6.07) is 30.2. The summed E-state index contributed by atoms with van der Waals surface area (Å²) in [6.45, 7) is 0.386. The maximum atomic E-state index is 13.9. The van der Waals surface area contributed by atoms with Gasteiger partial charge < -0.3 is 9.47 Å². The number of ether oxygens (including phenoxy) is 2. The summed E-state index contributed by atoms with van der Waals surface area (Å²) in [6.07, 6.45) is 0.691. The quantitative estimate of drug-likeness (QED) is 0.248. The Morgan fingerprint density at radius 1 is 0.833 bits per heavy atom. The topological polar surface area (TPSA) is 74.6 Å². The minimum absolute atomic E-state index is 0.152. The molecule has 7 heteroatoms. The molecule has 0 saturated carbocycles. The summed E-state index contributed by atoms with van der Waals surface area (Å²) < 4.78 is 40.6. The van der Waals surface area contributed by atoms with Gasteiger partial charge in [0.05, 0.1) is 28.8 Å². The zero-order chi connectivity index (χ0) is 25.1. The molecule has 0 aliphatic heterocycles. The highest BCUT2D eigenvalue weighted by Gasteiger charge is 2.26. The van der Waals surface area contributed by atoms with Crippen LogP contribution in [0.3, 0.4) is 0 Å². The smallest absolute Gasteiger partial charge is 0.268 e. The number of hydrogen-bond acceptors (Lipinski definition) is 5. The van der Waals surface area contributed by atoms with Gasteiger partial charge in [-0.2, -0.15) is 0 Å². The molecule has 0 atom stereocenters. The van der Waals surface area contributed by atoms with Crippen LogP contribution in [0.5, 0.6) is 11.5 Å². The maximum absolute atomic E-state index is 13.9. The molecule has 36 heavy (non-hydrogen) atoms. The van der Waals surface area contributed by atoms with Crippen LogP contribution >= 0.6 is 0 Å². The van der Waals surface area contributed by atoms with Crippen LogP contribution in [0.2, 0.25) is 0 Å². The van der Waals surface area contributed by atoms with Gasteiger partial charge in [0.1, 0.15) is 18.1 Å². The molecule has 0 bridgehead atoms. The van der Waals surface area contributed by atoms with Gasteiger partial charge in [-0.15, -0.1) is 0 Å². The largest absolute Gasteiger partial charge is 0.495 e. The standard InChI is InChI=1S/C29H23NO5S/c1-34-29-22(19-31)11-8-14-26(29)28-18-23-17-24(35-20-21-9-4-2-5-10-21)15-16-27(23)30(28)36(32,33)25-12-6-3-7-13-25/h2-19H,20H2,1H3. The van der Waals surface area contributed by atoms with Crippen molar-refractivity contribution in [3.63, 3.8) is 0 Å². The Morgan fingerprint density at radius 3 is 2.25 bits per heavy atom. The highest BCUT2D eigenvalue weighted by molar-refractivity contribution is 7.90. The third-order valence-corrected chi connectivity index (χ3v) is 7.65. The van der Waals surface area contributed by atoms with Gasteiger partial charge in [-0.05, 0) is 54.1 Å². The third-order valence-electron chi connectivity index (χ3n) is 5.91. The van der Waals surface area contributed by atoms with Gasteiger partial charge in [-0.25, -0.2) is 12.4 Å². The Bertz CT molecular complexity index is 1640. The lowest BCUT2D eigenvalue weighted by molar-refractivity contribution is 0.112. The molecule has 180 valence electrons. The fourth-order valence-corrected chi connectivity index (χ4v) is 5.77. The van der Waals surface area contributed by atoms with E-state index in [-0.39, 0.29) is 4.90 Å². The number of para-hydroxylation sites is 1. The van der Waals surface area contributed by atoms with Crippen LogP contribution in [0.1, 0.15) is 15.9 Å². The molecule has 0 unspecified atom stereocenters. The normalized spacial score (nSPS) is 11.4. The number of nitrogens with zero attached hydrogens (tertiary/aromatic N) is 1. The molecule has 0 aliphatic carbocycles. The second kappa shape index (κ2) is 9.71. The molecule has 6 nitrogen and oxygen atoms in total. The summed E-state index contributed by atoms with van der Waals surface area (Å²) in [5.74, 6) is 0.918. The average Bonchev–Trinajstić information content (AvgIpc) is 3.32. The Morgan fingerprint density at radius 2 is 1.56 bits per heavy atom. The molecule has 0 saturated heterocycles. The summed E-state index contributed by atoms with van der Waals surface area (Å²) in [5, 5.41) is 0.675. The van der Waals surface area contributed by atoms with Crippen molar-refractivity contribution in [3.05, 3.63) is 114 Å². The zero-order valence-electron chi connectivity index (χ0n) is 19.5. The Kier molecular flexibility index (Phi) is 6.31. The van der Waals surface area contributed by atoms with E-state index in [1.54, 1.807) is 66.7 Å².